The molecule has 1 N–H and O–H groups in total. The third-order valence-corrected chi connectivity index (χ3v) is 9.50. The number of carboxylic acids is 1. The lowest BCUT2D eigenvalue weighted by molar-refractivity contribution is -0.132. The Morgan fingerprint density at radius 1 is 0.411 bits per heavy atom. The van der Waals surface area contributed by atoms with Crippen LogP contribution in [0.4, 0.5) is 51.2 Å². The number of para-hydroxylation sites is 5. The largest absolute Gasteiger partial charge is 0.477 e. The zero-order valence-corrected chi connectivity index (χ0v) is 30.4. The minimum Gasteiger partial charge on any atom is -0.477 e. The molecule has 0 unspecified atom stereocenters. The lowest BCUT2D eigenvalue weighted by atomic mass is 10.0. The van der Waals surface area contributed by atoms with Gasteiger partial charge in [-0.3, -0.25) is 0 Å². The van der Waals surface area contributed by atoms with Crippen molar-refractivity contribution in [1.82, 2.24) is 0 Å². The molecule has 0 saturated heterocycles. The molecule has 0 spiro atoms. The van der Waals surface area contributed by atoms with E-state index >= 15 is 0 Å². The topological polar surface area (TPSA) is 70.8 Å². The Morgan fingerprint density at radius 2 is 0.750 bits per heavy atom. The molecule has 0 fully saturated rings. The SMILES string of the molecule is N#C/C(=C\c1ccc2cc(N(c3ccccc3)c3cc(N(c4ccccc4)c4ccccc4)cc(N(c4ccccc4)c4ccccc4)c3)ccc2c1)C(=O)O. The summed E-state index contributed by atoms with van der Waals surface area (Å²) in [5.41, 5.74) is 9.23. The maximum absolute atomic E-state index is 11.5. The van der Waals surface area contributed by atoms with Crippen molar-refractivity contribution in [2.24, 2.45) is 0 Å². The van der Waals surface area contributed by atoms with E-state index in [0.717, 1.165) is 62.0 Å². The predicted octanol–water partition coefficient (Wildman–Crippen LogP) is 13.2. The molecular formula is C50H36N4O2. The van der Waals surface area contributed by atoms with Crippen LogP contribution in [0.1, 0.15) is 5.56 Å². The zero-order valence-electron chi connectivity index (χ0n) is 30.4. The Bertz CT molecular complexity index is 2500. The van der Waals surface area contributed by atoms with Crippen LogP contribution in [0.25, 0.3) is 16.8 Å². The van der Waals surface area contributed by atoms with Crippen LogP contribution in [0.15, 0.2) is 212 Å². The number of anilines is 9. The fourth-order valence-electron chi connectivity index (χ4n) is 6.98. The molecule has 8 rings (SSSR count). The molecule has 0 aliphatic carbocycles. The van der Waals surface area contributed by atoms with Gasteiger partial charge in [0.2, 0.25) is 0 Å². The molecule has 0 bridgehead atoms. The van der Waals surface area contributed by atoms with Crippen LogP contribution < -0.4 is 14.7 Å². The van der Waals surface area contributed by atoms with Gasteiger partial charge in [0.25, 0.3) is 0 Å². The summed E-state index contributed by atoms with van der Waals surface area (Å²) < 4.78 is 0. The molecule has 0 amide bonds. The molecule has 0 saturated carbocycles. The number of hydrogen-bond acceptors (Lipinski definition) is 5. The van der Waals surface area contributed by atoms with E-state index in [1.807, 2.05) is 66.7 Å². The smallest absolute Gasteiger partial charge is 0.346 e. The predicted molar refractivity (Wildman–Crippen MR) is 229 cm³/mol. The highest BCUT2D eigenvalue weighted by molar-refractivity contribution is 5.98. The first-order chi connectivity index (χ1) is 27.6. The van der Waals surface area contributed by atoms with Gasteiger partial charge in [-0.15, -0.1) is 0 Å². The number of nitrogens with zero attached hydrogens (tertiary/aromatic N) is 4. The van der Waals surface area contributed by atoms with Gasteiger partial charge in [-0.25, -0.2) is 4.79 Å². The Kier molecular flexibility index (Phi) is 10.1. The first-order valence-corrected chi connectivity index (χ1v) is 18.3. The summed E-state index contributed by atoms with van der Waals surface area (Å²) in [4.78, 5) is 18.4. The molecule has 6 heteroatoms. The van der Waals surface area contributed by atoms with Crippen LogP contribution in [-0.4, -0.2) is 11.1 Å². The van der Waals surface area contributed by atoms with Crippen LogP contribution in [0.3, 0.4) is 0 Å². The molecule has 0 aliphatic rings. The second-order valence-corrected chi connectivity index (χ2v) is 13.2. The molecule has 6 nitrogen and oxygen atoms in total. The fraction of sp³-hybridized carbons (Fsp3) is 0. The minimum atomic E-state index is -1.25. The first-order valence-electron chi connectivity index (χ1n) is 18.3. The highest BCUT2D eigenvalue weighted by Gasteiger charge is 2.22. The maximum atomic E-state index is 11.5. The van der Waals surface area contributed by atoms with E-state index in [1.54, 1.807) is 6.07 Å². The van der Waals surface area contributed by atoms with E-state index in [4.69, 9.17) is 0 Å². The summed E-state index contributed by atoms with van der Waals surface area (Å²) in [5, 5.41) is 20.7. The van der Waals surface area contributed by atoms with Crippen LogP contribution in [-0.2, 0) is 4.79 Å². The van der Waals surface area contributed by atoms with Crippen LogP contribution in [0.5, 0.6) is 0 Å². The second-order valence-electron chi connectivity index (χ2n) is 13.2. The van der Waals surface area contributed by atoms with E-state index in [2.05, 4.69) is 154 Å². The molecule has 56 heavy (non-hydrogen) atoms. The number of carboxylic acid groups (broad SMARTS) is 1. The zero-order chi connectivity index (χ0) is 38.3. The van der Waals surface area contributed by atoms with Gasteiger partial charge >= 0.3 is 5.97 Å². The Balaban J connectivity index is 1.37. The molecule has 8 aromatic rings. The van der Waals surface area contributed by atoms with Crippen molar-refractivity contribution in [3.05, 3.63) is 217 Å². The Hall–Kier alpha value is -7.88. The van der Waals surface area contributed by atoms with E-state index in [-0.39, 0.29) is 5.57 Å². The summed E-state index contributed by atoms with van der Waals surface area (Å²) in [6.45, 7) is 0. The number of benzene rings is 8. The van der Waals surface area contributed by atoms with Crippen LogP contribution in [0, 0.1) is 11.3 Å². The quantitative estimate of drug-likeness (QED) is 0.106. The normalized spacial score (nSPS) is 11.1. The molecule has 0 atom stereocenters. The lowest BCUT2D eigenvalue weighted by Crippen LogP contribution is -2.16. The number of aliphatic carboxylic acids is 1. The summed E-state index contributed by atoms with van der Waals surface area (Å²) in [5.74, 6) is -1.25. The monoisotopic (exact) mass is 724 g/mol. The average Bonchev–Trinajstić information content (AvgIpc) is 3.25. The highest BCUT2D eigenvalue weighted by Crippen LogP contribution is 2.46. The number of carbonyl (C=O) groups is 1. The first kappa shape index (κ1) is 35.2. The average molecular weight is 725 g/mol. The molecule has 0 aliphatic heterocycles. The van der Waals surface area contributed by atoms with E-state index in [9.17, 15) is 15.2 Å². The van der Waals surface area contributed by atoms with E-state index < -0.39 is 5.97 Å². The van der Waals surface area contributed by atoms with Gasteiger partial charge < -0.3 is 19.8 Å². The van der Waals surface area contributed by atoms with Crippen molar-refractivity contribution in [3.63, 3.8) is 0 Å². The van der Waals surface area contributed by atoms with Gasteiger partial charge in [0.05, 0.1) is 17.1 Å². The van der Waals surface area contributed by atoms with Gasteiger partial charge in [0.1, 0.15) is 11.6 Å². The van der Waals surface area contributed by atoms with Gasteiger partial charge in [-0.05, 0) is 119 Å². The van der Waals surface area contributed by atoms with Gasteiger partial charge in [0, 0.05) is 34.1 Å². The lowest BCUT2D eigenvalue weighted by Gasteiger charge is -2.33. The third-order valence-electron chi connectivity index (χ3n) is 9.50. The molecule has 0 radical (unpaired) electrons. The maximum Gasteiger partial charge on any atom is 0.346 e. The second kappa shape index (κ2) is 16.0. The van der Waals surface area contributed by atoms with Crippen molar-refractivity contribution in [2.75, 3.05) is 14.7 Å². The highest BCUT2D eigenvalue weighted by atomic mass is 16.4. The van der Waals surface area contributed by atoms with Gasteiger partial charge in [-0.2, -0.15) is 5.26 Å². The van der Waals surface area contributed by atoms with Crippen molar-refractivity contribution in [1.29, 1.82) is 5.26 Å². The molecule has 0 aromatic heterocycles. The van der Waals surface area contributed by atoms with Crippen molar-refractivity contribution in [3.8, 4) is 6.07 Å². The van der Waals surface area contributed by atoms with E-state index in [0.29, 0.717) is 5.56 Å². The Labute approximate surface area is 326 Å². The van der Waals surface area contributed by atoms with Crippen molar-refractivity contribution in [2.45, 2.75) is 0 Å². The minimum absolute atomic E-state index is 0.313. The Morgan fingerprint density at radius 3 is 1.11 bits per heavy atom. The summed E-state index contributed by atoms with van der Waals surface area (Å²) in [6.07, 6.45) is 1.40. The summed E-state index contributed by atoms with van der Waals surface area (Å²) >= 11 is 0. The summed E-state index contributed by atoms with van der Waals surface area (Å²) in [6, 6.07) is 72.4. The fourth-order valence-corrected chi connectivity index (χ4v) is 6.98. The summed E-state index contributed by atoms with van der Waals surface area (Å²) in [7, 11) is 0. The number of rotatable bonds is 11. The number of fused-ring (bicyclic) bond motifs is 1. The standard InChI is InChI=1S/C50H36N4O2/c51-36-40(50(55)56)31-37-26-27-39-32-46(29-28-38(39)30-37)54(45-24-14-5-15-25-45)49-34-47(52(41-16-6-1-7-17-41)42-18-8-2-9-19-42)33-48(35-49)53(43-20-10-3-11-21-43)44-22-12-4-13-23-44/h1-35H,(H,55,56)/b40-31+. The number of nitriles is 1. The molecular weight excluding hydrogens is 689 g/mol. The van der Waals surface area contributed by atoms with Crippen LogP contribution in [0.2, 0.25) is 0 Å². The van der Waals surface area contributed by atoms with E-state index in [1.165, 1.54) is 6.08 Å². The van der Waals surface area contributed by atoms with Crippen molar-refractivity contribution >= 4 is 74.0 Å². The molecule has 8 aromatic carbocycles. The van der Waals surface area contributed by atoms with Gasteiger partial charge in [-0.1, -0.05) is 109 Å². The molecule has 268 valence electrons. The van der Waals surface area contributed by atoms with Gasteiger partial charge in [0.15, 0.2) is 0 Å². The third kappa shape index (κ3) is 7.47. The van der Waals surface area contributed by atoms with Crippen LogP contribution >= 0.6 is 0 Å². The number of hydrogen-bond donors (Lipinski definition) is 1. The van der Waals surface area contributed by atoms with Crippen molar-refractivity contribution < 1.29 is 9.90 Å². The molecule has 0 heterocycles.